The normalized spacial score (nSPS) is 11.2. The molecule has 1 rings (SSSR count). The highest BCUT2D eigenvalue weighted by Gasteiger charge is 2.13. The van der Waals surface area contributed by atoms with Crippen LogP contribution in [0, 0.1) is 0 Å². The van der Waals surface area contributed by atoms with Crippen molar-refractivity contribution in [1.29, 1.82) is 0 Å². The summed E-state index contributed by atoms with van der Waals surface area (Å²) in [7, 11) is 0. The quantitative estimate of drug-likeness (QED) is 0.0536. The van der Waals surface area contributed by atoms with Gasteiger partial charge in [0, 0.05) is 18.9 Å². The Morgan fingerprint density at radius 2 is 0.787 bits per heavy atom. The van der Waals surface area contributed by atoms with Crippen molar-refractivity contribution in [2.45, 2.75) is 219 Å². The minimum Gasteiger partial charge on any atom is -0.425 e. The molecular weight excluding hydrogens is 606 g/mol. The predicted octanol–water partition coefficient (Wildman–Crippen LogP) is 14.1. The maximum Gasteiger partial charge on any atom is 0.312 e. The van der Waals surface area contributed by atoms with E-state index in [4.69, 9.17) is 21.1 Å². The molecule has 0 N–H and O–H groups in total. The van der Waals surface area contributed by atoms with Gasteiger partial charge in [0.15, 0.2) is 5.75 Å². The molecular formula is C41H72ClNO4. The maximum atomic E-state index is 12.4. The van der Waals surface area contributed by atoms with Crippen molar-refractivity contribution in [3.63, 3.8) is 0 Å². The minimum atomic E-state index is -0.317. The zero-order chi connectivity index (χ0) is 34.0. The van der Waals surface area contributed by atoms with E-state index < -0.39 is 0 Å². The summed E-state index contributed by atoms with van der Waals surface area (Å²) in [4.78, 5) is 28.8. The number of hydrogen-bond donors (Lipinski definition) is 0. The van der Waals surface area contributed by atoms with Crippen LogP contribution in [0.4, 0.5) is 0 Å². The molecule has 0 amide bonds. The van der Waals surface area contributed by atoms with Crippen molar-refractivity contribution in [1.82, 2.24) is 4.98 Å². The summed E-state index contributed by atoms with van der Waals surface area (Å²) in [6.07, 6.45) is 40.7. The van der Waals surface area contributed by atoms with Crippen molar-refractivity contribution >= 4 is 23.5 Å². The fourth-order valence-electron chi connectivity index (χ4n) is 6.16. The minimum absolute atomic E-state index is 0.120. The molecule has 5 nitrogen and oxygen atoms in total. The van der Waals surface area contributed by atoms with Crippen molar-refractivity contribution in [3.05, 3.63) is 17.3 Å². The summed E-state index contributed by atoms with van der Waals surface area (Å²) in [5.74, 6) is -0.315. The van der Waals surface area contributed by atoms with Crippen molar-refractivity contribution in [2.24, 2.45) is 0 Å². The van der Waals surface area contributed by atoms with E-state index in [1.807, 2.05) is 0 Å². The maximum absolute atomic E-state index is 12.4. The van der Waals surface area contributed by atoms with E-state index in [0.717, 1.165) is 38.5 Å². The van der Waals surface area contributed by atoms with Gasteiger partial charge in [0.1, 0.15) is 5.02 Å². The third kappa shape index (κ3) is 28.0. The predicted molar refractivity (Wildman–Crippen MR) is 200 cm³/mol. The topological polar surface area (TPSA) is 65.5 Å². The van der Waals surface area contributed by atoms with E-state index in [9.17, 15) is 9.59 Å². The Hall–Kier alpha value is -1.62. The van der Waals surface area contributed by atoms with E-state index in [1.165, 1.54) is 166 Å². The van der Waals surface area contributed by atoms with Crippen molar-refractivity contribution < 1.29 is 19.1 Å². The van der Waals surface area contributed by atoms with Gasteiger partial charge in [-0.25, -0.2) is 4.98 Å². The standard InChI is InChI=1S/C41H72ClNO4/c1-3-5-7-9-11-13-15-17-19-21-23-25-27-29-31-33-40(44)46-38-35-39(43-36-37(38)42)47-41(45)34-32-30-28-26-24-22-20-18-16-14-12-10-8-6-4-2/h35-36H,3-34H2,1-2H3. The van der Waals surface area contributed by atoms with Crippen LogP contribution in [0.3, 0.4) is 0 Å². The molecule has 6 heteroatoms. The van der Waals surface area contributed by atoms with Crippen LogP contribution < -0.4 is 9.47 Å². The summed E-state index contributed by atoms with van der Waals surface area (Å²) < 4.78 is 10.9. The van der Waals surface area contributed by atoms with Crippen LogP contribution in [-0.2, 0) is 9.59 Å². The third-order valence-electron chi connectivity index (χ3n) is 9.21. The molecule has 0 saturated carbocycles. The van der Waals surface area contributed by atoms with Gasteiger partial charge in [-0.1, -0.05) is 205 Å². The number of ether oxygens (including phenoxy) is 2. The van der Waals surface area contributed by atoms with Gasteiger partial charge in [-0.3, -0.25) is 9.59 Å². The number of carbonyl (C=O) groups excluding carboxylic acids is 2. The molecule has 0 radical (unpaired) electrons. The van der Waals surface area contributed by atoms with Crippen LogP contribution in [-0.4, -0.2) is 16.9 Å². The fourth-order valence-corrected chi connectivity index (χ4v) is 6.30. The van der Waals surface area contributed by atoms with Crippen LogP contribution in [0.25, 0.3) is 0 Å². The summed E-state index contributed by atoms with van der Waals surface area (Å²) in [5, 5.41) is 0.233. The van der Waals surface area contributed by atoms with Crippen LogP contribution in [0.5, 0.6) is 11.6 Å². The van der Waals surface area contributed by atoms with Gasteiger partial charge in [0.2, 0.25) is 5.88 Å². The number of nitrogens with zero attached hydrogens (tertiary/aromatic N) is 1. The first-order chi connectivity index (χ1) is 23.1. The van der Waals surface area contributed by atoms with E-state index in [1.54, 1.807) is 0 Å². The molecule has 1 heterocycles. The first-order valence-electron chi connectivity index (χ1n) is 20.1. The lowest BCUT2D eigenvalue weighted by Gasteiger charge is -2.09. The van der Waals surface area contributed by atoms with Gasteiger partial charge in [-0.2, -0.15) is 0 Å². The monoisotopic (exact) mass is 678 g/mol. The molecule has 272 valence electrons. The molecule has 0 bridgehead atoms. The molecule has 0 aromatic carbocycles. The Morgan fingerprint density at radius 1 is 0.489 bits per heavy atom. The van der Waals surface area contributed by atoms with Gasteiger partial charge in [-0.05, 0) is 12.8 Å². The summed E-state index contributed by atoms with van der Waals surface area (Å²) >= 11 is 6.20. The van der Waals surface area contributed by atoms with E-state index in [0.29, 0.717) is 12.8 Å². The van der Waals surface area contributed by atoms with E-state index >= 15 is 0 Å². The number of rotatable bonds is 34. The molecule has 0 spiro atoms. The van der Waals surface area contributed by atoms with Crippen LogP contribution in [0.15, 0.2) is 12.3 Å². The second-order valence-corrected chi connectivity index (χ2v) is 14.2. The Labute approximate surface area is 295 Å². The number of esters is 2. The number of hydrogen-bond acceptors (Lipinski definition) is 5. The number of aromatic nitrogens is 1. The smallest absolute Gasteiger partial charge is 0.312 e. The molecule has 1 aromatic heterocycles. The largest absolute Gasteiger partial charge is 0.425 e. The van der Waals surface area contributed by atoms with Gasteiger partial charge in [0.25, 0.3) is 0 Å². The summed E-state index contributed by atoms with van der Waals surface area (Å²) in [6, 6.07) is 1.44. The average Bonchev–Trinajstić information content (AvgIpc) is 3.06. The second kappa shape index (κ2) is 32.9. The number of halogens is 1. The number of unbranched alkanes of at least 4 members (excludes halogenated alkanes) is 28. The Kier molecular flexibility index (Phi) is 30.4. The van der Waals surface area contributed by atoms with Gasteiger partial charge in [-0.15, -0.1) is 0 Å². The zero-order valence-electron chi connectivity index (χ0n) is 30.7. The zero-order valence-corrected chi connectivity index (χ0v) is 31.5. The lowest BCUT2D eigenvalue weighted by Crippen LogP contribution is -2.10. The Morgan fingerprint density at radius 3 is 1.13 bits per heavy atom. The lowest BCUT2D eigenvalue weighted by molar-refractivity contribution is -0.135. The summed E-state index contributed by atoms with van der Waals surface area (Å²) in [5.41, 5.74) is 0. The first-order valence-corrected chi connectivity index (χ1v) is 20.5. The SMILES string of the molecule is CCCCCCCCCCCCCCCCCC(=O)Oc1cc(OC(=O)CCCCCCCCCCCCCCCCC)c(Cl)cn1. The van der Waals surface area contributed by atoms with Crippen LogP contribution in [0.1, 0.15) is 219 Å². The van der Waals surface area contributed by atoms with E-state index in [2.05, 4.69) is 18.8 Å². The van der Waals surface area contributed by atoms with Crippen LogP contribution in [0.2, 0.25) is 5.02 Å². The van der Waals surface area contributed by atoms with Gasteiger partial charge >= 0.3 is 11.9 Å². The molecule has 47 heavy (non-hydrogen) atoms. The molecule has 0 aliphatic heterocycles. The van der Waals surface area contributed by atoms with Gasteiger partial charge in [0.05, 0.1) is 6.20 Å². The van der Waals surface area contributed by atoms with Crippen molar-refractivity contribution in [3.8, 4) is 11.6 Å². The lowest BCUT2D eigenvalue weighted by atomic mass is 10.0. The Balaban J connectivity index is 2.03. The third-order valence-corrected chi connectivity index (χ3v) is 9.49. The summed E-state index contributed by atoms with van der Waals surface area (Å²) in [6.45, 7) is 4.54. The Bertz CT molecular complexity index is 877. The highest BCUT2D eigenvalue weighted by molar-refractivity contribution is 6.32. The molecule has 0 atom stereocenters. The number of carbonyl (C=O) groups is 2. The molecule has 0 aliphatic carbocycles. The highest BCUT2D eigenvalue weighted by atomic mass is 35.5. The first kappa shape index (κ1) is 43.4. The highest BCUT2D eigenvalue weighted by Crippen LogP contribution is 2.28. The molecule has 1 aromatic rings. The van der Waals surface area contributed by atoms with Crippen LogP contribution >= 0.6 is 11.6 Å². The van der Waals surface area contributed by atoms with Gasteiger partial charge < -0.3 is 9.47 Å². The number of pyridine rings is 1. The average molecular weight is 678 g/mol. The molecule has 0 saturated heterocycles. The van der Waals surface area contributed by atoms with E-state index in [-0.39, 0.29) is 28.6 Å². The molecule has 0 fully saturated rings. The fraction of sp³-hybridized carbons (Fsp3) is 0.829. The van der Waals surface area contributed by atoms with Crippen molar-refractivity contribution in [2.75, 3.05) is 0 Å². The molecule has 0 unspecified atom stereocenters. The second-order valence-electron chi connectivity index (χ2n) is 13.8. The molecule has 0 aliphatic rings.